The molecule has 2 N–H and O–H groups in total. The smallest absolute Gasteiger partial charge is 0.265 e. The number of fused-ring (bicyclic) bond motifs is 2. The Kier molecular flexibility index (Phi) is 4.98. The van der Waals surface area contributed by atoms with Crippen LogP contribution in [-0.2, 0) is 0 Å². The molecule has 136 valence electrons. The summed E-state index contributed by atoms with van der Waals surface area (Å²) in [5, 5.41) is 8.49. The third-order valence-electron chi connectivity index (χ3n) is 5.10. The lowest BCUT2D eigenvalue weighted by Gasteiger charge is -2.28. The van der Waals surface area contributed by atoms with Crippen molar-refractivity contribution in [3.8, 4) is 0 Å². The van der Waals surface area contributed by atoms with Crippen molar-refractivity contribution in [1.29, 1.82) is 0 Å². The summed E-state index contributed by atoms with van der Waals surface area (Å²) in [6.07, 6.45) is 3.09. The fourth-order valence-electron chi connectivity index (χ4n) is 3.81. The molecule has 2 fully saturated rings. The first-order chi connectivity index (χ1) is 12.6. The van der Waals surface area contributed by atoms with Crippen LogP contribution < -0.4 is 10.6 Å². The molecule has 1 aromatic carbocycles. The molecule has 5 nitrogen and oxygen atoms in total. The van der Waals surface area contributed by atoms with E-state index >= 15 is 0 Å². The number of rotatable bonds is 3. The van der Waals surface area contributed by atoms with Crippen molar-refractivity contribution in [2.75, 3.05) is 18.4 Å². The highest BCUT2D eigenvalue weighted by molar-refractivity contribution is 7.12. The molecule has 0 spiro atoms. The number of hydrogen-bond acceptors (Lipinski definition) is 4. The van der Waals surface area contributed by atoms with Gasteiger partial charge in [0.25, 0.3) is 11.8 Å². The minimum absolute atomic E-state index is 0.0180. The van der Waals surface area contributed by atoms with Gasteiger partial charge in [-0.25, -0.2) is 0 Å². The summed E-state index contributed by atoms with van der Waals surface area (Å²) >= 11 is 7.61. The Morgan fingerprint density at radius 1 is 1.19 bits per heavy atom. The summed E-state index contributed by atoms with van der Waals surface area (Å²) in [7, 11) is 0. The first-order valence-corrected chi connectivity index (χ1v) is 10.1. The predicted molar refractivity (Wildman–Crippen MR) is 104 cm³/mol. The van der Waals surface area contributed by atoms with Gasteiger partial charge in [0, 0.05) is 24.2 Å². The Balaban J connectivity index is 1.57. The molecule has 2 bridgehead atoms. The number of nitrogens with zero attached hydrogens (tertiary/aromatic N) is 1. The zero-order valence-electron chi connectivity index (χ0n) is 14.2. The molecule has 0 aliphatic carbocycles. The van der Waals surface area contributed by atoms with E-state index in [1.54, 1.807) is 24.3 Å². The number of thiophene rings is 1. The molecule has 2 aliphatic heterocycles. The maximum absolute atomic E-state index is 13.1. The van der Waals surface area contributed by atoms with Gasteiger partial charge >= 0.3 is 0 Å². The summed E-state index contributed by atoms with van der Waals surface area (Å²) in [6, 6.07) is 9.22. The van der Waals surface area contributed by atoms with E-state index in [4.69, 9.17) is 11.6 Å². The van der Waals surface area contributed by atoms with Crippen LogP contribution in [0.3, 0.4) is 0 Å². The summed E-state index contributed by atoms with van der Waals surface area (Å²) in [5.74, 6) is -0.199. The molecule has 26 heavy (non-hydrogen) atoms. The number of benzene rings is 1. The van der Waals surface area contributed by atoms with Crippen molar-refractivity contribution in [3.05, 3.63) is 51.2 Å². The van der Waals surface area contributed by atoms with Crippen molar-refractivity contribution in [2.24, 2.45) is 0 Å². The maximum Gasteiger partial charge on any atom is 0.265 e. The van der Waals surface area contributed by atoms with Crippen LogP contribution >= 0.6 is 22.9 Å². The van der Waals surface area contributed by atoms with Gasteiger partial charge in [0.1, 0.15) is 0 Å². The van der Waals surface area contributed by atoms with Crippen molar-refractivity contribution in [3.63, 3.8) is 0 Å². The average molecular weight is 390 g/mol. The van der Waals surface area contributed by atoms with Crippen molar-refractivity contribution in [1.82, 2.24) is 10.2 Å². The molecule has 7 heteroatoms. The van der Waals surface area contributed by atoms with Crippen LogP contribution in [0, 0.1) is 0 Å². The minimum Gasteiger partial charge on any atom is -0.331 e. The standard InChI is InChI=1S/C19H20ClN3O2S/c20-15-6-3-12(10-16(15)22-18(24)17-2-1-9-26-17)19(25)23-13-4-5-14(23)11-21-8-7-13/h1-3,6,9-10,13-14,21H,4-5,7-8,11H2,(H,22,24). The average Bonchev–Trinajstić information content (AvgIpc) is 3.23. The Morgan fingerprint density at radius 3 is 2.85 bits per heavy atom. The lowest BCUT2D eigenvalue weighted by molar-refractivity contribution is 0.0680. The predicted octanol–water partition coefficient (Wildman–Crippen LogP) is 3.62. The molecule has 2 saturated heterocycles. The van der Waals surface area contributed by atoms with Gasteiger partial charge in [0.15, 0.2) is 0 Å². The molecular weight excluding hydrogens is 370 g/mol. The molecule has 4 rings (SSSR count). The van der Waals surface area contributed by atoms with Crippen molar-refractivity contribution in [2.45, 2.75) is 31.3 Å². The second-order valence-electron chi connectivity index (χ2n) is 6.72. The lowest BCUT2D eigenvalue weighted by atomic mass is 10.1. The largest absolute Gasteiger partial charge is 0.331 e. The fourth-order valence-corrected chi connectivity index (χ4v) is 4.59. The molecule has 2 atom stereocenters. The van der Waals surface area contributed by atoms with Gasteiger partial charge in [0.05, 0.1) is 15.6 Å². The third kappa shape index (κ3) is 3.37. The van der Waals surface area contributed by atoms with Gasteiger partial charge in [0.2, 0.25) is 0 Å². The van der Waals surface area contributed by atoms with E-state index in [9.17, 15) is 9.59 Å². The molecule has 2 aromatic rings. The van der Waals surface area contributed by atoms with E-state index < -0.39 is 0 Å². The van der Waals surface area contributed by atoms with Crippen molar-refractivity contribution < 1.29 is 9.59 Å². The highest BCUT2D eigenvalue weighted by atomic mass is 35.5. The zero-order chi connectivity index (χ0) is 18.1. The number of nitrogens with one attached hydrogen (secondary N) is 2. The number of carbonyl (C=O) groups excluding carboxylic acids is 2. The van der Waals surface area contributed by atoms with Gasteiger partial charge in [-0.15, -0.1) is 11.3 Å². The fraction of sp³-hybridized carbons (Fsp3) is 0.368. The van der Waals surface area contributed by atoms with E-state index in [2.05, 4.69) is 10.6 Å². The summed E-state index contributed by atoms with van der Waals surface area (Å²) in [4.78, 5) is 28.1. The van der Waals surface area contributed by atoms with Crippen LogP contribution in [0.4, 0.5) is 5.69 Å². The Hall–Kier alpha value is -1.89. The van der Waals surface area contributed by atoms with Gasteiger partial charge in [-0.05, 0) is 55.5 Å². The van der Waals surface area contributed by atoms with Gasteiger partial charge in [-0.3, -0.25) is 9.59 Å². The second-order valence-corrected chi connectivity index (χ2v) is 8.07. The molecule has 0 saturated carbocycles. The molecule has 0 radical (unpaired) electrons. The number of halogens is 1. The topological polar surface area (TPSA) is 61.4 Å². The minimum atomic E-state index is -0.217. The van der Waals surface area contributed by atoms with Gasteiger partial charge in [-0.1, -0.05) is 17.7 Å². The van der Waals surface area contributed by atoms with E-state index in [0.717, 1.165) is 32.4 Å². The van der Waals surface area contributed by atoms with E-state index in [0.29, 0.717) is 27.2 Å². The molecular formula is C19H20ClN3O2S. The Morgan fingerprint density at radius 2 is 2.04 bits per heavy atom. The van der Waals surface area contributed by atoms with Crippen LogP contribution in [0.25, 0.3) is 0 Å². The number of hydrogen-bond donors (Lipinski definition) is 2. The SMILES string of the molecule is O=C(Nc1cc(C(=O)N2C3CCNCC2CC3)ccc1Cl)c1cccs1. The van der Waals surface area contributed by atoms with Gasteiger partial charge in [-0.2, -0.15) is 0 Å². The van der Waals surface area contributed by atoms with Crippen LogP contribution in [0.15, 0.2) is 35.7 Å². The van der Waals surface area contributed by atoms with E-state index in [1.807, 2.05) is 16.3 Å². The Bertz CT molecular complexity index is 810. The molecule has 2 aliphatic rings. The molecule has 1 aromatic heterocycles. The molecule has 3 heterocycles. The number of carbonyl (C=O) groups is 2. The highest BCUT2D eigenvalue weighted by Crippen LogP contribution is 2.31. The van der Waals surface area contributed by atoms with Crippen LogP contribution in [0.2, 0.25) is 5.02 Å². The van der Waals surface area contributed by atoms with E-state index in [-0.39, 0.29) is 17.9 Å². The zero-order valence-corrected chi connectivity index (χ0v) is 15.8. The number of amides is 2. The van der Waals surface area contributed by atoms with Gasteiger partial charge < -0.3 is 15.5 Å². The lowest BCUT2D eigenvalue weighted by Crippen LogP contribution is -2.42. The van der Waals surface area contributed by atoms with Crippen LogP contribution in [0.5, 0.6) is 0 Å². The first kappa shape index (κ1) is 17.5. The molecule has 2 amide bonds. The summed E-state index contributed by atoms with van der Waals surface area (Å²) in [5.41, 5.74) is 1.03. The maximum atomic E-state index is 13.1. The molecule has 2 unspecified atom stereocenters. The van der Waals surface area contributed by atoms with Crippen LogP contribution in [-0.4, -0.2) is 41.9 Å². The second kappa shape index (κ2) is 7.39. The quantitative estimate of drug-likeness (QED) is 0.842. The Labute approximate surface area is 161 Å². The number of anilines is 1. The monoisotopic (exact) mass is 389 g/mol. The van der Waals surface area contributed by atoms with Crippen molar-refractivity contribution >= 4 is 40.4 Å². The summed E-state index contributed by atoms with van der Waals surface area (Å²) in [6.45, 7) is 1.80. The first-order valence-electron chi connectivity index (χ1n) is 8.81. The summed E-state index contributed by atoms with van der Waals surface area (Å²) < 4.78 is 0. The van der Waals surface area contributed by atoms with E-state index in [1.165, 1.54) is 11.3 Å². The highest BCUT2D eigenvalue weighted by Gasteiger charge is 2.38. The van der Waals surface area contributed by atoms with Crippen LogP contribution in [0.1, 0.15) is 39.3 Å². The normalized spacial score (nSPS) is 22.1. The third-order valence-corrected chi connectivity index (χ3v) is 6.29.